The molecule has 1 N–H and O–H groups in total. The van der Waals surface area contributed by atoms with Gasteiger partial charge in [-0.15, -0.1) is 0 Å². The Morgan fingerprint density at radius 1 is 0.935 bits per heavy atom. The van der Waals surface area contributed by atoms with Crippen molar-refractivity contribution in [3.8, 4) is 0 Å². The molecule has 0 aliphatic carbocycles. The van der Waals surface area contributed by atoms with E-state index in [2.05, 4.69) is 5.32 Å². The van der Waals surface area contributed by atoms with Crippen LogP contribution in [-0.2, 0) is 19.6 Å². The Hall–Kier alpha value is -2.97. The maximum absolute atomic E-state index is 13.1. The molecule has 2 aromatic carbocycles. The number of benzene rings is 2. The van der Waals surface area contributed by atoms with Gasteiger partial charge in [-0.2, -0.15) is 4.31 Å². The third-order valence-electron chi connectivity index (χ3n) is 5.05. The highest BCUT2D eigenvalue weighted by molar-refractivity contribution is 7.89. The van der Waals surface area contributed by atoms with Crippen molar-refractivity contribution in [2.24, 2.45) is 0 Å². The number of carbonyl (C=O) groups is 2. The first-order chi connectivity index (χ1) is 14.8. The Morgan fingerprint density at radius 2 is 1.61 bits per heavy atom. The highest BCUT2D eigenvalue weighted by atomic mass is 32.2. The number of carbonyl (C=O) groups excluding carboxylic acids is 2. The summed E-state index contributed by atoms with van der Waals surface area (Å²) in [5.41, 5.74) is 1.95. The summed E-state index contributed by atoms with van der Waals surface area (Å²) in [7, 11) is -3.63. The van der Waals surface area contributed by atoms with Gasteiger partial charge in [0.2, 0.25) is 15.9 Å². The maximum atomic E-state index is 13.1. The zero-order valence-electron chi connectivity index (χ0n) is 17.7. The number of aryl methyl sites for hydroxylation is 1. The van der Waals surface area contributed by atoms with Crippen LogP contribution in [0.15, 0.2) is 65.2 Å². The van der Waals surface area contributed by atoms with Crippen molar-refractivity contribution >= 4 is 27.9 Å². The summed E-state index contributed by atoms with van der Waals surface area (Å²) < 4.78 is 27.4. The zero-order valence-corrected chi connectivity index (χ0v) is 18.6. The number of sulfonamides is 1. The first-order valence-corrected chi connectivity index (χ1v) is 11.6. The van der Waals surface area contributed by atoms with E-state index in [1.165, 1.54) is 11.2 Å². The van der Waals surface area contributed by atoms with Gasteiger partial charge in [0.1, 0.15) is 5.70 Å². The lowest BCUT2D eigenvalue weighted by Gasteiger charge is -2.23. The summed E-state index contributed by atoms with van der Waals surface area (Å²) in [5, 5.41) is 2.62. The molecule has 7 nitrogen and oxygen atoms in total. The van der Waals surface area contributed by atoms with E-state index in [1.54, 1.807) is 35.2 Å². The molecule has 164 valence electrons. The Kier molecular flexibility index (Phi) is 7.25. The second kappa shape index (κ2) is 9.89. The first-order valence-electron chi connectivity index (χ1n) is 10.2. The van der Waals surface area contributed by atoms with E-state index in [1.807, 2.05) is 37.3 Å². The number of nitrogens with one attached hydrogen (secondary N) is 1. The minimum absolute atomic E-state index is 0.175. The molecule has 0 atom stereocenters. The lowest BCUT2D eigenvalue weighted by Crippen LogP contribution is -2.40. The molecule has 0 saturated carbocycles. The Labute approximate surface area is 183 Å². The maximum Gasteiger partial charge on any atom is 0.270 e. The molecule has 3 rings (SSSR count). The molecular weight excluding hydrogens is 414 g/mol. The van der Waals surface area contributed by atoms with E-state index >= 15 is 0 Å². The zero-order chi connectivity index (χ0) is 22.4. The fraction of sp³-hybridized carbons (Fsp3) is 0.304. The summed E-state index contributed by atoms with van der Waals surface area (Å²) in [6.45, 7) is 4.43. The molecule has 0 radical (unpaired) electrons. The van der Waals surface area contributed by atoms with Crippen molar-refractivity contribution in [2.45, 2.75) is 25.2 Å². The number of amides is 2. The van der Waals surface area contributed by atoms with E-state index in [-0.39, 0.29) is 35.5 Å². The average molecular weight is 442 g/mol. The molecule has 1 aliphatic rings. The Bertz CT molecular complexity index is 1060. The Balaban J connectivity index is 1.76. The van der Waals surface area contributed by atoms with Gasteiger partial charge in [-0.25, -0.2) is 8.42 Å². The summed E-state index contributed by atoms with van der Waals surface area (Å²) in [6.07, 6.45) is 2.14. The third-order valence-corrected chi connectivity index (χ3v) is 6.97. The number of hydrogen-bond acceptors (Lipinski definition) is 4. The highest BCUT2D eigenvalue weighted by Crippen LogP contribution is 2.19. The standard InChI is InChI=1S/C23H27N3O4S/c1-18-9-11-21(12-10-18)31(29,30)26-14-6-13-25(15-16-26)23(28)22(24-19(2)27)17-20-7-4-3-5-8-20/h3-5,7-12,17H,6,13-16H2,1-2H3,(H,24,27)/b22-17-. The van der Waals surface area contributed by atoms with Crippen LogP contribution in [0.2, 0.25) is 0 Å². The van der Waals surface area contributed by atoms with Gasteiger partial charge in [0, 0.05) is 33.1 Å². The van der Waals surface area contributed by atoms with Crippen LogP contribution in [0.5, 0.6) is 0 Å². The SMILES string of the molecule is CC(=O)N/C(=C\c1ccccc1)C(=O)N1CCCN(S(=O)(=O)c2ccc(C)cc2)CC1. The van der Waals surface area contributed by atoms with E-state index in [4.69, 9.17) is 0 Å². The summed E-state index contributed by atoms with van der Waals surface area (Å²) in [5.74, 6) is -0.664. The molecule has 31 heavy (non-hydrogen) atoms. The topological polar surface area (TPSA) is 86.8 Å². The molecule has 0 unspecified atom stereocenters. The van der Waals surface area contributed by atoms with Crippen LogP contribution in [0.3, 0.4) is 0 Å². The van der Waals surface area contributed by atoms with Crippen LogP contribution >= 0.6 is 0 Å². The molecule has 1 aliphatic heterocycles. The van der Waals surface area contributed by atoms with E-state index in [0.717, 1.165) is 11.1 Å². The molecule has 0 bridgehead atoms. The van der Waals surface area contributed by atoms with Crippen LogP contribution in [0, 0.1) is 6.92 Å². The monoisotopic (exact) mass is 441 g/mol. The van der Waals surface area contributed by atoms with Crippen LogP contribution < -0.4 is 5.32 Å². The van der Waals surface area contributed by atoms with Crippen molar-refractivity contribution in [1.29, 1.82) is 0 Å². The summed E-state index contributed by atoms with van der Waals surface area (Å²) in [4.78, 5) is 26.6. The molecular formula is C23H27N3O4S. The van der Waals surface area contributed by atoms with Gasteiger partial charge in [-0.1, -0.05) is 48.0 Å². The van der Waals surface area contributed by atoms with E-state index < -0.39 is 10.0 Å². The largest absolute Gasteiger partial charge is 0.336 e. The minimum Gasteiger partial charge on any atom is -0.336 e. The van der Waals surface area contributed by atoms with Gasteiger partial charge in [0.25, 0.3) is 5.91 Å². The second-order valence-electron chi connectivity index (χ2n) is 7.51. The second-order valence-corrected chi connectivity index (χ2v) is 9.45. The number of nitrogens with zero attached hydrogens (tertiary/aromatic N) is 2. The average Bonchev–Trinajstić information content (AvgIpc) is 3.00. The molecule has 2 aromatic rings. The van der Waals surface area contributed by atoms with Gasteiger partial charge < -0.3 is 10.2 Å². The lowest BCUT2D eigenvalue weighted by molar-refractivity contribution is -0.129. The van der Waals surface area contributed by atoms with Crippen LogP contribution in [-0.4, -0.2) is 55.6 Å². The molecule has 1 heterocycles. The predicted molar refractivity (Wildman–Crippen MR) is 119 cm³/mol. The first kappa shape index (κ1) is 22.7. The molecule has 1 saturated heterocycles. The number of rotatable bonds is 5. The van der Waals surface area contributed by atoms with Crippen molar-refractivity contribution < 1.29 is 18.0 Å². The molecule has 2 amide bonds. The molecule has 8 heteroatoms. The number of hydrogen-bond donors (Lipinski definition) is 1. The van der Waals surface area contributed by atoms with Crippen molar-refractivity contribution in [3.05, 3.63) is 71.4 Å². The van der Waals surface area contributed by atoms with Gasteiger partial charge in [0.15, 0.2) is 0 Å². The fourth-order valence-electron chi connectivity index (χ4n) is 3.42. The third kappa shape index (κ3) is 5.80. The van der Waals surface area contributed by atoms with Crippen molar-refractivity contribution in [2.75, 3.05) is 26.2 Å². The molecule has 1 fully saturated rings. The van der Waals surface area contributed by atoms with Gasteiger partial charge in [-0.3, -0.25) is 9.59 Å². The minimum atomic E-state index is -3.63. The van der Waals surface area contributed by atoms with Crippen LogP contribution in [0.1, 0.15) is 24.5 Å². The van der Waals surface area contributed by atoms with Crippen LogP contribution in [0.4, 0.5) is 0 Å². The van der Waals surface area contributed by atoms with E-state index in [9.17, 15) is 18.0 Å². The van der Waals surface area contributed by atoms with Crippen LogP contribution in [0.25, 0.3) is 6.08 Å². The Morgan fingerprint density at radius 3 is 2.26 bits per heavy atom. The lowest BCUT2D eigenvalue weighted by atomic mass is 10.2. The van der Waals surface area contributed by atoms with Gasteiger partial charge >= 0.3 is 0 Å². The summed E-state index contributed by atoms with van der Waals surface area (Å²) in [6, 6.07) is 16.0. The quantitative estimate of drug-likeness (QED) is 0.722. The summed E-state index contributed by atoms with van der Waals surface area (Å²) >= 11 is 0. The fourth-order valence-corrected chi connectivity index (χ4v) is 4.89. The van der Waals surface area contributed by atoms with Gasteiger partial charge in [0.05, 0.1) is 4.90 Å². The van der Waals surface area contributed by atoms with Crippen molar-refractivity contribution in [1.82, 2.24) is 14.5 Å². The highest BCUT2D eigenvalue weighted by Gasteiger charge is 2.29. The normalized spacial score (nSPS) is 15.9. The predicted octanol–water partition coefficient (Wildman–Crippen LogP) is 2.40. The smallest absolute Gasteiger partial charge is 0.270 e. The van der Waals surface area contributed by atoms with Gasteiger partial charge in [-0.05, 0) is 37.1 Å². The van der Waals surface area contributed by atoms with E-state index in [0.29, 0.717) is 19.5 Å². The molecule has 0 spiro atoms. The van der Waals surface area contributed by atoms with Crippen molar-refractivity contribution in [3.63, 3.8) is 0 Å². The molecule has 0 aromatic heterocycles.